The van der Waals surface area contributed by atoms with E-state index < -0.39 is 0 Å². The summed E-state index contributed by atoms with van der Waals surface area (Å²) < 4.78 is 5.02. The van der Waals surface area contributed by atoms with E-state index in [2.05, 4.69) is 6.92 Å². The molecule has 1 aliphatic heterocycles. The second-order valence-corrected chi connectivity index (χ2v) is 6.87. The molecule has 0 unspecified atom stereocenters. The minimum absolute atomic E-state index is 0.210. The molecule has 1 saturated heterocycles. The van der Waals surface area contributed by atoms with Crippen LogP contribution in [0.2, 0.25) is 0 Å². The van der Waals surface area contributed by atoms with Gasteiger partial charge in [0, 0.05) is 32.1 Å². The molecule has 0 radical (unpaired) electrons. The van der Waals surface area contributed by atoms with Gasteiger partial charge in [-0.2, -0.15) is 0 Å². The number of rotatable bonds is 5. The number of carbonyl (C=O) groups is 2. The van der Waals surface area contributed by atoms with Crippen molar-refractivity contribution in [3.05, 3.63) is 0 Å². The van der Waals surface area contributed by atoms with Crippen LogP contribution < -0.4 is 0 Å². The summed E-state index contributed by atoms with van der Waals surface area (Å²) in [5.74, 6) is 1.35. The number of amides is 2. The van der Waals surface area contributed by atoms with E-state index in [1.165, 1.54) is 32.1 Å². The van der Waals surface area contributed by atoms with Crippen LogP contribution in [0.25, 0.3) is 0 Å². The first-order valence-electron chi connectivity index (χ1n) is 9.36. The van der Waals surface area contributed by atoms with Crippen molar-refractivity contribution >= 4 is 12.0 Å². The molecule has 0 aromatic rings. The maximum absolute atomic E-state index is 12.7. The van der Waals surface area contributed by atoms with E-state index in [0.29, 0.717) is 38.7 Å². The van der Waals surface area contributed by atoms with Crippen LogP contribution in [0.5, 0.6) is 0 Å². The minimum atomic E-state index is -0.254. The van der Waals surface area contributed by atoms with Crippen LogP contribution in [0.15, 0.2) is 0 Å². The zero-order valence-corrected chi connectivity index (χ0v) is 14.8. The van der Waals surface area contributed by atoms with E-state index in [4.69, 9.17) is 4.74 Å². The highest BCUT2D eigenvalue weighted by molar-refractivity contribution is 5.79. The fourth-order valence-corrected chi connectivity index (χ4v) is 3.77. The van der Waals surface area contributed by atoms with E-state index in [1.807, 2.05) is 11.8 Å². The average molecular weight is 324 g/mol. The van der Waals surface area contributed by atoms with E-state index in [0.717, 1.165) is 18.8 Å². The van der Waals surface area contributed by atoms with Crippen LogP contribution in [-0.4, -0.2) is 54.6 Å². The van der Waals surface area contributed by atoms with Crippen LogP contribution in [0.3, 0.4) is 0 Å². The molecule has 0 aromatic carbocycles. The highest BCUT2D eigenvalue weighted by atomic mass is 16.6. The van der Waals surface area contributed by atoms with E-state index in [-0.39, 0.29) is 12.0 Å². The number of unbranched alkanes of at least 4 members (excludes halogenated alkanes) is 1. The normalized spacial score (nSPS) is 25.3. The SMILES string of the molecule is CCCCC1CCC(C(=O)N2CCN(C(=O)OCC)CC2)CC1. The van der Waals surface area contributed by atoms with Gasteiger partial charge in [0.15, 0.2) is 0 Å². The van der Waals surface area contributed by atoms with Gasteiger partial charge in [0.05, 0.1) is 6.61 Å². The molecule has 0 aromatic heterocycles. The quantitative estimate of drug-likeness (QED) is 0.780. The van der Waals surface area contributed by atoms with Crippen molar-refractivity contribution < 1.29 is 14.3 Å². The summed E-state index contributed by atoms with van der Waals surface area (Å²) in [6.07, 6.45) is 8.17. The van der Waals surface area contributed by atoms with Gasteiger partial charge in [-0.15, -0.1) is 0 Å². The highest BCUT2D eigenvalue weighted by Crippen LogP contribution is 2.33. The predicted octanol–water partition coefficient (Wildman–Crippen LogP) is 3.28. The lowest BCUT2D eigenvalue weighted by Gasteiger charge is -2.37. The van der Waals surface area contributed by atoms with Crippen LogP contribution >= 0.6 is 0 Å². The van der Waals surface area contributed by atoms with Crippen molar-refractivity contribution in [1.82, 2.24) is 9.80 Å². The summed E-state index contributed by atoms with van der Waals surface area (Å²) in [5, 5.41) is 0. The summed E-state index contributed by atoms with van der Waals surface area (Å²) in [6.45, 7) is 6.94. The molecule has 2 rings (SSSR count). The zero-order chi connectivity index (χ0) is 16.7. The smallest absolute Gasteiger partial charge is 0.409 e. The molecule has 1 aliphatic carbocycles. The van der Waals surface area contributed by atoms with Gasteiger partial charge in [0.2, 0.25) is 5.91 Å². The van der Waals surface area contributed by atoms with Gasteiger partial charge in [0.25, 0.3) is 0 Å². The molecule has 0 spiro atoms. The van der Waals surface area contributed by atoms with Crippen molar-refractivity contribution in [1.29, 1.82) is 0 Å². The fraction of sp³-hybridized carbons (Fsp3) is 0.889. The Morgan fingerprint density at radius 2 is 1.57 bits per heavy atom. The number of ether oxygens (including phenoxy) is 1. The summed E-state index contributed by atoms with van der Waals surface area (Å²) in [7, 11) is 0. The molecule has 1 saturated carbocycles. The first-order valence-corrected chi connectivity index (χ1v) is 9.36. The molecule has 132 valence electrons. The Kier molecular flexibility index (Phi) is 7.18. The molecular formula is C18H32N2O3. The third kappa shape index (κ3) is 5.11. The Hall–Kier alpha value is -1.26. The standard InChI is InChI=1S/C18H32N2O3/c1-3-5-6-15-7-9-16(10-8-15)17(21)19-11-13-20(14-12-19)18(22)23-4-2/h15-16H,3-14H2,1-2H3. The Balaban J connectivity index is 1.72. The zero-order valence-electron chi connectivity index (χ0n) is 14.8. The van der Waals surface area contributed by atoms with Gasteiger partial charge in [-0.3, -0.25) is 4.79 Å². The summed E-state index contributed by atoms with van der Waals surface area (Å²) >= 11 is 0. The molecule has 2 aliphatic rings. The topological polar surface area (TPSA) is 49.9 Å². The van der Waals surface area contributed by atoms with Crippen molar-refractivity contribution in [2.75, 3.05) is 32.8 Å². The van der Waals surface area contributed by atoms with Crippen LogP contribution in [-0.2, 0) is 9.53 Å². The maximum atomic E-state index is 12.7. The van der Waals surface area contributed by atoms with Gasteiger partial charge >= 0.3 is 6.09 Å². The van der Waals surface area contributed by atoms with E-state index in [1.54, 1.807) is 4.90 Å². The highest BCUT2D eigenvalue weighted by Gasteiger charge is 2.31. The van der Waals surface area contributed by atoms with Gasteiger partial charge in [-0.05, 0) is 38.5 Å². The summed E-state index contributed by atoms with van der Waals surface area (Å²) in [6, 6.07) is 0. The Labute approximate surface area is 140 Å². The third-order valence-electron chi connectivity index (χ3n) is 5.28. The number of hydrogen-bond donors (Lipinski definition) is 0. The van der Waals surface area contributed by atoms with Crippen molar-refractivity contribution in [3.63, 3.8) is 0 Å². The lowest BCUT2D eigenvalue weighted by atomic mass is 9.79. The third-order valence-corrected chi connectivity index (χ3v) is 5.28. The maximum Gasteiger partial charge on any atom is 0.409 e. The van der Waals surface area contributed by atoms with Crippen molar-refractivity contribution in [2.45, 2.75) is 58.8 Å². The monoisotopic (exact) mass is 324 g/mol. The van der Waals surface area contributed by atoms with Crippen LogP contribution in [0, 0.1) is 11.8 Å². The van der Waals surface area contributed by atoms with E-state index >= 15 is 0 Å². The Bertz CT molecular complexity index is 384. The number of hydrogen-bond acceptors (Lipinski definition) is 3. The van der Waals surface area contributed by atoms with Crippen LogP contribution in [0.1, 0.15) is 58.8 Å². The number of piperazine rings is 1. The molecule has 0 atom stereocenters. The first-order chi connectivity index (χ1) is 11.2. The van der Waals surface area contributed by atoms with Gasteiger partial charge in [-0.25, -0.2) is 4.79 Å². The molecule has 5 heteroatoms. The van der Waals surface area contributed by atoms with Gasteiger partial charge in [-0.1, -0.05) is 26.2 Å². The largest absolute Gasteiger partial charge is 0.450 e. The molecule has 23 heavy (non-hydrogen) atoms. The molecule has 2 amide bonds. The van der Waals surface area contributed by atoms with Gasteiger partial charge < -0.3 is 14.5 Å². The lowest BCUT2D eigenvalue weighted by molar-refractivity contribution is -0.138. The molecule has 5 nitrogen and oxygen atoms in total. The molecule has 2 fully saturated rings. The second kappa shape index (κ2) is 9.14. The average Bonchev–Trinajstić information content (AvgIpc) is 2.60. The number of carbonyl (C=O) groups excluding carboxylic acids is 2. The summed E-state index contributed by atoms with van der Waals surface area (Å²) in [5.41, 5.74) is 0. The lowest BCUT2D eigenvalue weighted by Crippen LogP contribution is -2.52. The Morgan fingerprint density at radius 1 is 0.957 bits per heavy atom. The van der Waals surface area contributed by atoms with Gasteiger partial charge in [0.1, 0.15) is 0 Å². The van der Waals surface area contributed by atoms with Crippen molar-refractivity contribution in [3.8, 4) is 0 Å². The molecule has 0 bridgehead atoms. The minimum Gasteiger partial charge on any atom is -0.450 e. The summed E-state index contributed by atoms with van der Waals surface area (Å²) in [4.78, 5) is 28.0. The second-order valence-electron chi connectivity index (χ2n) is 6.87. The first kappa shape index (κ1) is 18.1. The molecule has 1 heterocycles. The molecule has 0 N–H and O–H groups in total. The van der Waals surface area contributed by atoms with E-state index in [9.17, 15) is 9.59 Å². The fourth-order valence-electron chi connectivity index (χ4n) is 3.77. The Morgan fingerprint density at radius 3 is 2.13 bits per heavy atom. The number of nitrogens with zero attached hydrogens (tertiary/aromatic N) is 2. The molecular weight excluding hydrogens is 292 g/mol. The predicted molar refractivity (Wildman–Crippen MR) is 90.1 cm³/mol. The van der Waals surface area contributed by atoms with Crippen LogP contribution in [0.4, 0.5) is 4.79 Å². The van der Waals surface area contributed by atoms with Crippen molar-refractivity contribution in [2.24, 2.45) is 11.8 Å².